The number of nitrogens with zero attached hydrogens (tertiary/aromatic N) is 1. The van der Waals surface area contributed by atoms with E-state index in [9.17, 15) is 4.79 Å². The van der Waals surface area contributed by atoms with E-state index in [1.165, 1.54) is 12.8 Å². The van der Waals surface area contributed by atoms with E-state index in [4.69, 9.17) is 4.98 Å². The van der Waals surface area contributed by atoms with Crippen molar-refractivity contribution in [1.29, 1.82) is 0 Å². The van der Waals surface area contributed by atoms with Crippen LogP contribution in [-0.2, 0) is 12.8 Å². The van der Waals surface area contributed by atoms with Gasteiger partial charge in [0.25, 0.3) is 5.56 Å². The molecule has 98 valence electrons. The molecular weight excluding hydrogens is 224 g/mol. The molecule has 0 aromatic carbocycles. The number of aryl methyl sites for hydroxylation is 1. The molecule has 0 radical (unpaired) electrons. The maximum absolute atomic E-state index is 12.0. The van der Waals surface area contributed by atoms with Crippen molar-refractivity contribution >= 4 is 0 Å². The molecule has 0 aliphatic heterocycles. The molecule has 0 bridgehead atoms. The highest BCUT2D eigenvalue weighted by Crippen LogP contribution is 2.41. The first-order valence-electron chi connectivity index (χ1n) is 7.17. The molecule has 0 atom stereocenters. The highest BCUT2D eigenvalue weighted by molar-refractivity contribution is 5.23. The van der Waals surface area contributed by atoms with E-state index in [0.29, 0.717) is 11.3 Å². The number of fused-ring (bicyclic) bond motifs is 1. The fourth-order valence-corrected chi connectivity index (χ4v) is 3.33. The molecule has 1 N–H and O–H groups in total. The Morgan fingerprint density at radius 3 is 2.67 bits per heavy atom. The van der Waals surface area contributed by atoms with E-state index in [2.05, 4.69) is 18.8 Å². The minimum absolute atomic E-state index is 0.123. The molecule has 1 fully saturated rings. The van der Waals surface area contributed by atoms with Crippen LogP contribution in [0.4, 0.5) is 0 Å². The van der Waals surface area contributed by atoms with Gasteiger partial charge in [0.2, 0.25) is 0 Å². The van der Waals surface area contributed by atoms with Crippen LogP contribution >= 0.6 is 0 Å². The first-order chi connectivity index (χ1) is 8.55. The van der Waals surface area contributed by atoms with Gasteiger partial charge >= 0.3 is 0 Å². The monoisotopic (exact) mass is 246 g/mol. The minimum atomic E-state index is 0.123. The first kappa shape index (κ1) is 11.9. The lowest BCUT2D eigenvalue weighted by Crippen LogP contribution is -2.24. The summed E-state index contributed by atoms with van der Waals surface area (Å²) >= 11 is 0. The third kappa shape index (κ3) is 2.11. The Morgan fingerprint density at radius 1 is 1.22 bits per heavy atom. The van der Waals surface area contributed by atoms with Crippen molar-refractivity contribution in [2.75, 3.05) is 0 Å². The van der Waals surface area contributed by atoms with E-state index < -0.39 is 0 Å². The Balaban J connectivity index is 1.86. The van der Waals surface area contributed by atoms with Crippen LogP contribution in [0.2, 0.25) is 0 Å². The summed E-state index contributed by atoms with van der Waals surface area (Å²) in [5.41, 5.74) is 2.60. The predicted molar refractivity (Wildman–Crippen MR) is 71.9 cm³/mol. The first-order valence-corrected chi connectivity index (χ1v) is 7.17. The fraction of sp³-hybridized carbons (Fsp3) is 0.733. The fourth-order valence-electron chi connectivity index (χ4n) is 3.33. The lowest BCUT2D eigenvalue weighted by Gasteiger charge is -2.33. The number of rotatable bonds is 1. The van der Waals surface area contributed by atoms with Crippen LogP contribution in [0.15, 0.2) is 4.79 Å². The average molecular weight is 246 g/mol. The number of hydrogen-bond acceptors (Lipinski definition) is 2. The van der Waals surface area contributed by atoms with Gasteiger partial charge in [-0.05, 0) is 50.4 Å². The SMILES string of the molecule is CC1(C)CCC(c2nc3c(c(=O)[nH]2)CCC3)CC1. The summed E-state index contributed by atoms with van der Waals surface area (Å²) in [6.07, 6.45) is 7.78. The van der Waals surface area contributed by atoms with Crippen molar-refractivity contribution in [2.24, 2.45) is 5.41 Å². The summed E-state index contributed by atoms with van der Waals surface area (Å²) in [5.74, 6) is 1.42. The quantitative estimate of drug-likeness (QED) is 0.828. The zero-order valence-corrected chi connectivity index (χ0v) is 11.4. The predicted octanol–water partition coefficient (Wildman–Crippen LogP) is 2.94. The Kier molecular flexibility index (Phi) is 2.80. The summed E-state index contributed by atoms with van der Waals surface area (Å²) in [6, 6.07) is 0. The van der Waals surface area contributed by atoms with Crippen LogP contribution in [-0.4, -0.2) is 9.97 Å². The van der Waals surface area contributed by atoms with Crippen molar-refractivity contribution in [3.63, 3.8) is 0 Å². The summed E-state index contributed by atoms with van der Waals surface area (Å²) in [5, 5.41) is 0. The van der Waals surface area contributed by atoms with Crippen molar-refractivity contribution in [3.05, 3.63) is 27.4 Å². The Morgan fingerprint density at radius 2 is 1.94 bits per heavy atom. The molecule has 3 heteroatoms. The van der Waals surface area contributed by atoms with Gasteiger partial charge in [0, 0.05) is 11.5 Å². The van der Waals surface area contributed by atoms with E-state index in [1.54, 1.807) is 0 Å². The second kappa shape index (κ2) is 4.22. The van der Waals surface area contributed by atoms with Crippen LogP contribution in [0, 0.1) is 5.41 Å². The van der Waals surface area contributed by atoms with Crippen LogP contribution in [0.1, 0.15) is 69.0 Å². The van der Waals surface area contributed by atoms with Crippen LogP contribution in [0.3, 0.4) is 0 Å². The van der Waals surface area contributed by atoms with Gasteiger partial charge in [0.15, 0.2) is 0 Å². The second-order valence-electron chi connectivity index (χ2n) is 6.67. The van der Waals surface area contributed by atoms with Gasteiger partial charge in [-0.2, -0.15) is 0 Å². The summed E-state index contributed by atoms with van der Waals surface area (Å²) in [4.78, 5) is 19.8. The number of aromatic amines is 1. The van der Waals surface area contributed by atoms with Crippen LogP contribution in [0.25, 0.3) is 0 Å². The maximum Gasteiger partial charge on any atom is 0.254 e. The molecule has 1 heterocycles. The Labute approximate surface area is 108 Å². The topological polar surface area (TPSA) is 45.8 Å². The molecule has 0 saturated heterocycles. The summed E-state index contributed by atoms with van der Waals surface area (Å²) < 4.78 is 0. The number of aromatic nitrogens is 2. The van der Waals surface area contributed by atoms with Gasteiger partial charge in [-0.3, -0.25) is 4.79 Å². The zero-order chi connectivity index (χ0) is 12.8. The zero-order valence-electron chi connectivity index (χ0n) is 11.4. The third-order valence-corrected chi connectivity index (χ3v) is 4.69. The molecule has 3 rings (SSSR count). The molecule has 2 aliphatic carbocycles. The van der Waals surface area contributed by atoms with E-state index in [-0.39, 0.29) is 5.56 Å². The van der Waals surface area contributed by atoms with Crippen LogP contribution in [0.5, 0.6) is 0 Å². The van der Waals surface area contributed by atoms with Gasteiger partial charge in [-0.1, -0.05) is 13.8 Å². The summed E-state index contributed by atoms with van der Waals surface area (Å²) in [6.45, 7) is 4.67. The molecule has 18 heavy (non-hydrogen) atoms. The normalized spacial score (nSPS) is 23.0. The van der Waals surface area contributed by atoms with E-state index in [0.717, 1.165) is 49.2 Å². The molecule has 3 nitrogen and oxygen atoms in total. The second-order valence-corrected chi connectivity index (χ2v) is 6.67. The number of H-pyrrole nitrogens is 1. The summed E-state index contributed by atoms with van der Waals surface area (Å²) in [7, 11) is 0. The smallest absolute Gasteiger partial charge is 0.254 e. The van der Waals surface area contributed by atoms with Gasteiger partial charge in [-0.15, -0.1) is 0 Å². The molecule has 0 unspecified atom stereocenters. The van der Waals surface area contributed by atoms with Gasteiger partial charge in [-0.25, -0.2) is 4.98 Å². The molecule has 1 aromatic rings. The highest BCUT2D eigenvalue weighted by Gasteiger charge is 2.29. The lowest BCUT2D eigenvalue weighted by molar-refractivity contribution is 0.220. The molecular formula is C15H22N2O. The minimum Gasteiger partial charge on any atom is -0.310 e. The number of nitrogens with one attached hydrogen (secondary N) is 1. The van der Waals surface area contributed by atoms with Crippen molar-refractivity contribution in [2.45, 2.75) is 64.7 Å². The maximum atomic E-state index is 12.0. The molecule has 1 saturated carbocycles. The Hall–Kier alpha value is -1.12. The van der Waals surface area contributed by atoms with E-state index >= 15 is 0 Å². The van der Waals surface area contributed by atoms with Gasteiger partial charge < -0.3 is 4.98 Å². The highest BCUT2D eigenvalue weighted by atomic mass is 16.1. The molecule has 1 aromatic heterocycles. The van der Waals surface area contributed by atoms with Crippen molar-refractivity contribution in [1.82, 2.24) is 9.97 Å². The largest absolute Gasteiger partial charge is 0.310 e. The van der Waals surface area contributed by atoms with Gasteiger partial charge in [0.05, 0.1) is 5.69 Å². The standard InChI is InChI=1S/C15H22N2O/c1-15(2)8-6-10(7-9-15)13-16-12-5-3-4-11(12)14(18)17-13/h10H,3-9H2,1-2H3,(H,16,17,18). The Bertz CT molecular complexity index is 506. The molecule has 2 aliphatic rings. The van der Waals surface area contributed by atoms with Crippen LogP contribution < -0.4 is 5.56 Å². The lowest BCUT2D eigenvalue weighted by atomic mass is 9.73. The van der Waals surface area contributed by atoms with Gasteiger partial charge in [0.1, 0.15) is 5.82 Å². The van der Waals surface area contributed by atoms with E-state index in [1.807, 2.05) is 0 Å². The van der Waals surface area contributed by atoms with Crippen molar-refractivity contribution < 1.29 is 0 Å². The van der Waals surface area contributed by atoms with Crippen molar-refractivity contribution in [3.8, 4) is 0 Å². The number of hydrogen-bond donors (Lipinski definition) is 1. The third-order valence-electron chi connectivity index (χ3n) is 4.69. The molecule has 0 amide bonds. The molecule has 0 spiro atoms. The average Bonchev–Trinajstić information content (AvgIpc) is 2.77.